The van der Waals surface area contributed by atoms with Gasteiger partial charge in [-0.05, 0) is 47.7 Å². The van der Waals surface area contributed by atoms with Gasteiger partial charge in [0.25, 0.3) is 0 Å². The van der Waals surface area contributed by atoms with Crippen molar-refractivity contribution in [3.05, 3.63) is 53.5 Å². The Morgan fingerprint density at radius 1 is 1.06 bits per heavy atom. The first-order valence-electron chi connectivity index (χ1n) is 10.9. The number of hydrogen-bond acceptors (Lipinski definition) is 9. The molecule has 11 heteroatoms. The van der Waals surface area contributed by atoms with E-state index >= 15 is 0 Å². The number of ether oxygens (including phenoxy) is 1. The summed E-state index contributed by atoms with van der Waals surface area (Å²) >= 11 is 0. The van der Waals surface area contributed by atoms with Crippen LogP contribution in [-0.2, 0) is 16.5 Å². The van der Waals surface area contributed by atoms with Crippen molar-refractivity contribution < 1.29 is 21.7 Å². The number of nitrogen functional groups attached to an aromatic ring is 3. The molecule has 35 heavy (non-hydrogen) atoms. The minimum absolute atomic E-state index is 0.00527. The van der Waals surface area contributed by atoms with Crippen LogP contribution in [0.3, 0.4) is 0 Å². The Labute approximate surface area is 204 Å². The molecule has 188 valence electrons. The van der Waals surface area contributed by atoms with Crippen LogP contribution in [0.25, 0.3) is 11.1 Å². The van der Waals surface area contributed by atoms with Crippen LogP contribution < -0.4 is 26.1 Å². The van der Waals surface area contributed by atoms with Crippen LogP contribution in [-0.4, -0.2) is 30.7 Å². The number of hydrogen-bond donors (Lipinski definition) is 3. The Kier molecular flexibility index (Phi) is 7.39. The molecule has 0 unspecified atom stereocenters. The first kappa shape index (κ1) is 26.0. The first-order valence-corrected chi connectivity index (χ1v) is 12.5. The van der Waals surface area contributed by atoms with Crippen LogP contribution >= 0.6 is 0 Å². The molecule has 2 aromatic carbocycles. The van der Waals surface area contributed by atoms with Crippen LogP contribution in [0.2, 0.25) is 0 Å². The third-order valence-electron chi connectivity index (χ3n) is 4.85. The van der Waals surface area contributed by atoms with Crippen molar-refractivity contribution in [2.75, 3.05) is 29.6 Å². The lowest BCUT2D eigenvalue weighted by atomic mass is 9.98. The van der Waals surface area contributed by atoms with Crippen molar-refractivity contribution in [3.8, 4) is 22.6 Å². The summed E-state index contributed by atoms with van der Waals surface area (Å²) < 4.78 is 51.7. The van der Waals surface area contributed by atoms with Gasteiger partial charge in [-0.2, -0.15) is 13.4 Å². The zero-order chi connectivity index (χ0) is 26.0. The van der Waals surface area contributed by atoms with Crippen LogP contribution in [0, 0.1) is 11.2 Å². The Balaban J connectivity index is 2.20. The summed E-state index contributed by atoms with van der Waals surface area (Å²) in [6.45, 7) is 7.42. The van der Waals surface area contributed by atoms with E-state index in [4.69, 9.17) is 26.1 Å². The molecule has 0 amide bonds. The fourth-order valence-corrected chi connectivity index (χ4v) is 5.06. The molecule has 0 aliphatic heterocycles. The highest BCUT2D eigenvalue weighted by molar-refractivity contribution is 7.87. The lowest BCUT2D eigenvalue weighted by Crippen LogP contribution is -2.25. The smallest absolute Gasteiger partial charge is 0.309 e. The highest BCUT2D eigenvalue weighted by Crippen LogP contribution is 2.42. The minimum atomic E-state index is -4.02. The van der Waals surface area contributed by atoms with Crippen LogP contribution in [0.4, 0.5) is 21.8 Å². The van der Waals surface area contributed by atoms with Gasteiger partial charge in [0.15, 0.2) is 5.75 Å². The number of nitrogens with zero attached hydrogens (tertiary/aromatic N) is 2. The van der Waals surface area contributed by atoms with E-state index in [1.165, 1.54) is 18.3 Å². The lowest BCUT2D eigenvalue weighted by Gasteiger charge is -2.21. The first-order chi connectivity index (χ1) is 16.3. The van der Waals surface area contributed by atoms with Crippen molar-refractivity contribution in [3.63, 3.8) is 0 Å². The second-order valence-electron chi connectivity index (χ2n) is 9.30. The Morgan fingerprint density at radius 2 is 1.74 bits per heavy atom. The molecule has 9 nitrogen and oxygen atoms in total. The van der Waals surface area contributed by atoms with Crippen molar-refractivity contribution in [1.29, 1.82) is 0 Å². The molecule has 0 fully saturated rings. The predicted octanol–water partition coefficient (Wildman–Crippen LogP) is 3.77. The van der Waals surface area contributed by atoms with Crippen molar-refractivity contribution in [1.82, 2.24) is 9.97 Å². The van der Waals surface area contributed by atoms with Crippen LogP contribution in [0.15, 0.2) is 36.5 Å². The summed E-state index contributed by atoms with van der Waals surface area (Å²) in [5, 5.41) is 0. The summed E-state index contributed by atoms with van der Waals surface area (Å²) in [5.41, 5.74) is 18.5. The van der Waals surface area contributed by atoms with E-state index in [1.54, 1.807) is 45.9 Å². The molecule has 0 bridgehead atoms. The summed E-state index contributed by atoms with van der Waals surface area (Å²) in [4.78, 5) is 7.94. The van der Waals surface area contributed by atoms with Crippen molar-refractivity contribution >= 4 is 27.6 Å². The summed E-state index contributed by atoms with van der Waals surface area (Å²) in [6.07, 6.45) is 1.75. The van der Waals surface area contributed by atoms with Crippen molar-refractivity contribution in [2.24, 2.45) is 5.41 Å². The van der Waals surface area contributed by atoms with Gasteiger partial charge in [0.05, 0.1) is 23.6 Å². The molecule has 0 atom stereocenters. The molecule has 0 radical (unpaired) electrons. The quantitative estimate of drug-likeness (QED) is 0.307. The number of halogens is 1. The third-order valence-corrected chi connectivity index (χ3v) is 6.51. The fraction of sp³-hybridized carbons (Fsp3) is 0.333. The maximum Gasteiger partial charge on any atom is 0.309 e. The average molecular weight is 504 g/mol. The number of anilines is 3. The third kappa shape index (κ3) is 6.72. The molecule has 3 rings (SSSR count). The molecule has 0 aliphatic rings. The van der Waals surface area contributed by atoms with Gasteiger partial charge >= 0.3 is 10.1 Å². The number of benzene rings is 2. The molecule has 0 saturated heterocycles. The minimum Gasteiger partial charge on any atom is -0.493 e. The van der Waals surface area contributed by atoms with E-state index in [-0.39, 0.29) is 47.5 Å². The van der Waals surface area contributed by atoms with Gasteiger partial charge in [0.2, 0.25) is 5.95 Å². The molecule has 0 spiro atoms. The summed E-state index contributed by atoms with van der Waals surface area (Å²) in [6, 6.07) is 7.45. The number of nitrogens with two attached hydrogens (primary N) is 3. The summed E-state index contributed by atoms with van der Waals surface area (Å²) in [7, 11) is -4.02. The molecule has 0 aliphatic carbocycles. The maximum atomic E-state index is 14.4. The van der Waals surface area contributed by atoms with Crippen LogP contribution in [0.5, 0.6) is 11.5 Å². The highest BCUT2D eigenvalue weighted by atomic mass is 32.2. The molecule has 1 heterocycles. The molecule has 3 aromatic rings. The van der Waals surface area contributed by atoms with Gasteiger partial charge in [0.1, 0.15) is 17.4 Å². The van der Waals surface area contributed by atoms with Gasteiger partial charge in [-0.3, -0.25) is 0 Å². The number of aromatic nitrogens is 2. The standard InChI is InChI=1S/C24H30FN5O4S/c1-5-33-19-9-14(8-16-12-29-23(28)30-22(16)27)10-20(34-35(31,32)13-24(2,3)4)21(19)15-6-7-18(26)17(25)11-15/h6-7,9-12H,5,8,13,26H2,1-4H3,(H4,27,28,29,30). The Morgan fingerprint density at radius 3 is 2.34 bits per heavy atom. The number of rotatable bonds is 8. The largest absolute Gasteiger partial charge is 0.493 e. The van der Waals surface area contributed by atoms with Crippen LogP contribution in [0.1, 0.15) is 38.8 Å². The molecular formula is C24H30FN5O4S. The van der Waals surface area contributed by atoms with E-state index in [9.17, 15) is 12.8 Å². The second kappa shape index (κ2) is 9.95. The Bertz CT molecular complexity index is 1340. The van der Waals surface area contributed by atoms with Gasteiger partial charge in [-0.15, -0.1) is 0 Å². The van der Waals surface area contributed by atoms with E-state index in [0.717, 1.165) is 0 Å². The van der Waals surface area contributed by atoms with E-state index < -0.39 is 21.4 Å². The van der Waals surface area contributed by atoms with Gasteiger partial charge in [-0.25, -0.2) is 9.37 Å². The van der Waals surface area contributed by atoms with Gasteiger partial charge in [0, 0.05) is 18.2 Å². The monoisotopic (exact) mass is 503 g/mol. The van der Waals surface area contributed by atoms with E-state index in [2.05, 4.69) is 9.97 Å². The van der Waals surface area contributed by atoms with Gasteiger partial charge in [-0.1, -0.05) is 26.8 Å². The molecular weight excluding hydrogens is 473 g/mol. The maximum absolute atomic E-state index is 14.4. The second-order valence-corrected chi connectivity index (χ2v) is 10.9. The molecule has 1 aromatic heterocycles. The topological polar surface area (TPSA) is 156 Å². The normalized spacial score (nSPS) is 11.9. The average Bonchev–Trinajstić information content (AvgIpc) is 2.70. The highest BCUT2D eigenvalue weighted by Gasteiger charge is 2.26. The molecule has 0 saturated carbocycles. The van der Waals surface area contributed by atoms with Gasteiger partial charge < -0.3 is 26.1 Å². The fourth-order valence-electron chi connectivity index (χ4n) is 3.54. The van der Waals surface area contributed by atoms with Crippen molar-refractivity contribution in [2.45, 2.75) is 34.1 Å². The Hall–Kier alpha value is -3.60. The zero-order valence-electron chi connectivity index (χ0n) is 20.1. The summed E-state index contributed by atoms with van der Waals surface area (Å²) in [5.74, 6) is -0.339. The van der Waals surface area contributed by atoms with E-state index in [1.807, 2.05) is 0 Å². The lowest BCUT2D eigenvalue weighted by molar-refractivity contribution is 0.340. The zero-order valence-corrected chi connectivity index (χ0v) is 20.9. The predicted molar refractivity (Wildman–Crippen MR) is 135 cm³/mol. The SMILES string of the molecule is CCOc1cc(Cc2cnc(N)nc2N)cc(OS(=O)(=O)CC(C)(C)C)c1-c1ccc(N)c(F)c1. The van der Waals surface area contributed by atoms with E-state index in [0.29, 0.717) is 22.4 Å². The molecule has 6 N–H and O–H groups in total.